The van der Waals surface area contributed by atoms with Gasteiger partial charge in [-0.25, -0.2) is 0 Å². The Morgan fingerprint density at radius 3 is 2.89 bits per heavy atom. The van der Waals surface area contributed by atoms with E-state index in [1.807, 2.05) is 0 Å². The first-order chi connectivity index (χ1) is 8.56. The van der Waals surface area contributed by atoms with Gasteiger partial charge in [-0.1, -0.05) is 13.3 Å². The van der Waals surface area contributed by atoms with Crippen LogP contribution in [0.2, 0.25) is 0 Å². The monoisotopic (exact) mass is 254 g/mol. The van der Waals surface area contributed by atoms with Crippen molar-refractivity contribution in [3.63, 3.8) is 0 Å². The van der Waals surface area contributed by atoms with Gasteiger partial charge in [0.2, 0.25) is 0 Å². The number of ether oxygens (including phenoxy) is 1. The normalized spacial score (nSPS) is 37.1. The maximum atomic E-state index is 11.8. The molecule has 0 bridgehead atoms. The number of methoxy groups -OCH3 is 1. The maximum absolute atomic E-state index is 11.8. The number of nitrogens with two attached hydrogens (primary N) is 1. The molecule has 2 rings (SSSR count). The van der Waals surface area contributed by atoms with Gasteiger partial charge in [0.15, 0.2) is 0 Å². The Hall–Kier alpha value is -0.610. The first-order valence-corrected chi connectivity index (χ1v) is 7.16. The number of rotatable bonds is 4. The summed E-state index contributed by atoms with van der Waals surface area (Å²) in [6.07, 6.45) is 5.22. The second kappa shape index (κ2) is 5.57. The number of carbonyl (C=O) groups excluding carboxylic acids is 1. The number of hydrogen-bond acceptors (Lipinski definition) is 4. The van der Waals surface area contributed by atoms with Crippen molar-refractivity contribution in [1.29, 1.82) is 0 Å². The molecule has 3 unspecified atom stereocenters. The van der Waals surface area contributed by atoms with Crippen LogP contribution in [-0.4, -0.2) is 43.2 Å². The first kappa shape index (κ1) is 13.8. The predicted molar refractivity (Wildman–Crippen MR) is 71.1 cm³/mol. The molecule has 0 aromatic rings. The Morgan fingerprint density at radius 2 is 2.28 bits per heavy atom. The Kier molecular flexibility index (Phi) is 4.28. The summed E-state index contributed by atoms with van der Waals surface area (Å²) in [5.41, 5.74) is 5.55. The summed E-state index contributed by atoms with van der Waals surface area (Å²) < 4.78 is 4.88. The molecule has 2 fully saturated rings. The number of esters is 1. The highest BCUT2D eigenvalue weighted by molar-refractivity contribution is 5.81. The lowest BCUT2D eigenvalue weighted by atomic mass is 9.85. The van der Waals surface area contributed by atoms with E-state index in [1.165, 1.54) is 26.6 Å². The molecule has 2 N–H and O–H groups in total. The smallest absolute Gasteiger partial charge is 0.326 e. The molecule has 4 heteroatoms. The fourth-order valence-corrected chi connectivity index (χ4v) is 3.53. The lowest BCUT2D eigenvalue weighted by molar-refractivity contribution is -0.148. The van der Waals surface area contributed by atoms with Crippen molar-refractivity contribution in [2.45, 2.75) is 44.6 Å². The first-order valence-electron chi connectivity index (χ1n) is 7.16. The van der Waals surface area contributed by atoms with Crippen LogP contribution in [0.15, 0.2) is 0 Å². The molecular formula is C14H26N2O2. The van der Waals surface area contributed by atoms with Gasteiger partial charge in [0, 0.05) is 6.54 Å². The van der Waals surface area contributed by atoms with Crippen molar-refractivity contribution in [1.82, 2.24) is 4.90 Å². The van der Waals surface area contributed by atoms with Gasteiger partial charge in [-0.2, -0.15) is 0 Å². The largest absolute Gasteiger partial charge is 0.468 e. The van der Waals surface area contributed by atoms with Crippen LogP contribution < -0.4 is 5.73 Å². The molecule has 1 heterocycles. The van der Waals surface area contributed by atoms with Crippen molar-refractivity contribution in [2.75, 3.05) is 26.7 Å². The van der Waals surface area contributed by atoms with E-state index in [4.69, 9.17) is 10.5 Å². The molecule has 1 aliphatic heterocycles. The molecule has 18 heavy (non-hydrogen) atoms. The summed E-state index contributed by atoms with van der Waals surface area (Å²) in [6.45, 7) is 5.77. The number of hydrogen-bond donors (Lipinski definition) is 1. The Labute approximate surface area is 110 Å². The molecule has 0 amide bonds. The minimum atomic E-state index is -0.722. The van der Waals surface area contributed by atoms with Gasteiger partial charge in [0.05, 0.1) is 7.11 Å². The highest BCUT2D eigenvalue weighted by Gasteiger charge is 2.46. The molecule has 0 spiro atoms. The van der Waals surface area contributed by atoms with Gasteiger partial charge < -0.3 is 15.4 Å². The quantitative estimate of drug-likeness (QED) is 0.770. The van der Waals surface area contributed by atoms with Crippen LogP contribution in [0.4, 0.5) is 0 Å². The van der Waals surface area contributed by atoms with Crippen LogP contribution in [-0.2, 0) is 9.53 Å². The van der Waals surface area contributed by atoms with Crippen molar-refractivity contribution in [3.05, 3.63) is 0 Å². The van der Waals surface area contributed by atoms with Crippen molar-refractivity contribution < 1.29 is 9.53 Å². The molecule has 0 aromatic carbocycles. The second-order valence-corrected chi connectivity index (χ2v) is 6.10. The van der Waals surface area contributed by atoms with E-state index in [1.54, 1.807) is 0 Å². The third-order valence-electron chi connectivity index (χ3n) is 4.74. The van der Waals surface area contributed by atoms with E-state index in [-0.39, 0.29) is 5.97 Å². The highest BCUT2D eigenvalue weighted by Crippen LogP contribution is 2.37. The zero-order valence-corrected chi connectivity index (χ0v) is 11.7. The highest BCUT2D eigenvalue weighted by atomic mass is 16.5. The molecule has 4 nitrogen and oxygen atoms in total. The van der Waals surface area contributed by atoms with Gasteiger partial charge in [-0.3, -0.25) is 4.79 Å². The molecule has 1 saturated heterocycles. The fraction of sp³-hybridized carbons (Fsp3) is 0.929. The van der Waals surface area contributed by atoms with Crippen LogP contribution in [0.25, 0.3) is 0 Å². The van der Waals surface area contributed by atoms with E-state index >= 15 is 0 Å². The fourth-order valence-electron chi connectivity index (χ4n) is 3.53. The van der Waals surface area contributed by atoms with Crippen LogP contribution >= 0.6 is 0 Å². The lowest BCUT2D eigenvalue weighted by Crippen LogP contribution is -2.52. The van der Waals surface area contributed by atoms with Crippen molar-refractivity contribution in [3.8, 4) is 0 Å². The van der Waals surface area contributed by atoms with E-state index in [0.29, 0.717) is 5.92 Å². The lowest BCUT2D eigenvalue weighted by Gasteiger charge is -2.29. The zero-order chi connectivity index (χ0) is 13.2. The molecule has 2 aliphatic rings. The van der Waals surface area contributed by atoms with E-state index in [9.17, 15) is 4.79 Å². The molecule has 1 saturated carbocycles. The number of nitrogens with zero attached hydrogens (tertiary/aromatic N) is 1. The van der Waals surface area contributed by atoms with E-state index < -0.39 is 5.54 Å². The van der Waals surface area contributed by atoms with Crippen LogP contribution in [0.3, 0.4) is 0 Å². The SMILES string of the molecule is COC(=O)C1(N)CCCC1CCN1CCC(C)C1. The summed E-state index contributed by atoms with van der Waals surface area (Å²) >= 11 is 0. The summed E-state index contributed by atoms with van der Waals surface area (Å²) in [6, 6.07) is 0. The molecule has 0 aromatic heterocycles. The average molecular weight is 254 g/mol. The number of likely N-dealkylation sites (tertiary alicyclic amines) is 1. The molecule has 1 aliphatic carbocycles. The summed E-state index contributed by atoms with van der Waals surface area (Å²) in [5.74, 6) is 0.887. The van der Waals surface area contributed by atoms with Gasteiger partial charge in [-0.05, 0) is 50.6 Å². The second-order valence-electron chi connectivity index (χ2n) is 6.10. The Balaban J connectivity index is 1.86. The summed E-state index contributed by atoms with van der Waals surface area (Å²) in [7, 11) is 1.44. The summed E-state index contributed by atoms with van der Waals surface area (Å²) in [4.78, 5) is 14.3. The Morgan fingerprint density at radius 1 is 1.50 bits per heavy atom. The van der Waals surface area contributed by atoms with Gasteiger partial charge in [-0.15, -0.1) is 0 Å². The predicted octanol–water partition coefficient (Wildman–Crippen LogP) is 1.39. The minimum Gasteiger partial charge on any atom is -0.468 e. The summed E-state index contributed by atoms with van der Waals surface area (Å²) in [5, 5.41) is 0. The molecule has 104 valence electrons. The van der Waals surface area contributed by atoms with Gasteiger partial charge in [0.1, 0.15) is 5.54 Å². The third-order valence-corrected chi connectivity index (χ3v) is 4.74. The average Bonchev–Trinajstić information content (AvgIpc) is 2.93. The zero-order valence-electron chi connectivity index (χ0n) is 11.7. The third kappa shape index (κ3) is 2.69. The number of carbonyl (C=O) groups is 1. The van der Waals surface area contributed by atoms with Crippen LogP contribution in [0.1, 0.15) is 39.0 Å². The topological polar surface area (TPSA) is 55.6 Å². The molecule has 0 radical (unpaired) electrons. The standard InChI is InChI=1S/C14H26N2O2/c1-11-5-8-16(10-11)9-6-12-4-3-7-14(12,15)13(17)18-2/h11-12H,3-10,15H2,1-2H3. The van der Waals surface area contributed by atoms with Gasteiger partial charge >= 0.3 is 5.97 Å². The van der Waals surface area contributed by atoms with Gasteiger partial charge in [0.25, 0.3) is 0 Å². The van der Waals surface area contributed by atoms with Crippen LogP contribution in [0, 0.1) is 11.8 Å². The Bertz CT molecular complexity index is 308. The molecule has 3 atom stereocenters. The van der Waals surface area contributed by atoms with E-state index in [2.05, 4.69) is 11.8 Å². The molecular weight excluding hydrogens is 228 g/mol. The van der Waals surface area contributed by atoms with Crippen molar-refractivity contribution >= 4 is 5.97 Å². The van der Waals surface area contributed by atoms with E-state index in [0.717, 1.165) is 38.1 Å². The maximum Gasteiger partial charge on any atom is 0.326 e. The van der Waals surface area contributed by atoms with Crippen LogP contribution in [0.5, 0.6) is 0 Å². The minimum absolute atomic E-state index is 0.222. The van der Waals surface area contributed by atoms with Crippen molar-refractivity contribution in [2.24, 2.45) is 17.6 Å².